The summed E-state index contributed by atoms with van der Waals surface area (Å²) in [5.41, 5.74) is -0.307. The van der Waals surface area contributed by atoms with Crippen LogP contribution in [0.5, 0.6) is 0 Å². The smallest absolute Gasteiger partial charge is 0.374 e. The summed E-state index contributed by atoms with van der Waals surface area (Å²) in [6.45, 7) is 2.62. The Kier molecular flexibility index (Phi) is 5.55. The second-order valence-corrected chi connectivity index (χ2v) is 9.31. The van der Waals surface area contributed by atoms with Crippen LogP contribution in [0.4, 0.5) is 24.9 Å². The number of anilines is 2. The number of carbonyl (C=O) groups is 1. The highest BCUT2D eigenvalue weighted by Gasteiger charge is 2.47. The molecule has 1 amide bonds. The van der Waals surface area contributed by atoms with Crippen molar-refractivity contribution >= 4 is 18.2 Å². The molecule has 1 aromatic rings. The number of hydrogen-bond acceptors (Lipinski definition) is 6. The fraction of sp³-hybridized carbons (Fsp3) is 0.762. The maximum absolute atomic E-state index is 13.9. The summed E-state index contributed by atoms with van der Waals surface area (Å²) in [7, 11) is 0. The van der Waals surface area contributed by atoms with Crippen molar-refractivity contribution in [2.24, 2.45) is 5.92 Å². The van der Waals surface area contributed by atoms with E-state index in [1.54, 1.807) is 4.90 Å². The van der Waals surface area contributed by atoms with E-state index in [9.17, 15) is 22.8 Å². The van der Waals surface area contributed by atoms with Gasteiger partial charge in [0, 0.05) is 38.8 Å². The summed E-state index contributed by atoms with van der Waals surface area (Å²) in [5.74, 6) is 0.816. The van der Waals surface area contributed by atoms with Gasteiger partial charge in [0.2, 0.25) is 12.4 Å². The molecule has 4 aliphatic heterocycles. The van der Waals surface area contributed by atoms with Gasteiger partial charge in [0.05, 0.1) is 18.8 Å². The lowest BCUT2D eigenvalue weighted by Crippen LogP contribution is -2.53. The third-order valence-corrected chi connectivity index (χ3v) is 7.38. The minimum atomic E-state index is -4.40. The molecular weight excluding hydrogens is 427 g/mol. The molecule has 3 atom stereocenters. The number of alkyl halides is 3. The number of ether oxygens (including phenoxy) is 1. The van der Waals surface area contributed by atoms with Crippen LogP contribution in [0, 0.1) is 5.92 Å². The Morgan fingerprint density at radius 3 is 2.59 bits per heavy atom. The van der Waals surface area contributed by atoms with Crippen LogP contribution < -0.4 is 15.4 Å². The number of aromatic nitrogens is 2. The predicted molar refractivity (Wildman–Crippen MR) is 111 cm³/mol. The van der Waals surface area contributed by atoms with Gasteiger partial charge in [-0.1, -0.05) is 0 Å². The van der Waals surface area contributed by atoms with Crippen molar-refractivity contribution in [3.05, 3.63) is 16.4 Å². The third kappa shape index (κ3) is 3.95. The largest absolute Gasteiger partial charge is 0.408 e. The number of piperidine rings is 1. The minimum Gasteiger partial charge on any atom is -0.374 e. The molecule has 11 heteroatoms. The topological polar surface area (TPSA) is 70.9 Å². The highest BCUT2D eigenvalue weighted by molar-refractivity contribution is 5.49. The molecule has 0 unspecified atom stereocenters. The van der Waals surface area contributed by atoms with Crippen molar-refractivity contribution < 1.29 is 22.7 Å². The molecule has 3 saturated heterocycles. The van der Waals surface area contributed by atoms with Crippen LogP contribution in [0.15, 0.2) is 10.9 Å². The summed E-state index contributed by atoms with van der Waals surface area (Å²) >= 11 is 0. The first-order valence-electron chi connectivity index (χ1n) is 11.4. The monoisotopic (exact) mass is 455 g/mol. The van der Waals surface area contributed by atoms with E-state index < -0.39 is 12.2 Å². The van der Waals surface area contributed by atoms with Gasteiger partial charge >= 0.3 is 6.18 Å². The normalized spacial score (nSPS) is 28.3. The second-order valence-electron chi connectivity index (χ2n) is 9.31. The van der Waals surface area contributed by atoms with E-state index in [-0.39, 0.29) is 49.1 Å². The van der Waals surface area contributed by atoms with Crippen molar-refractivity contribution in [2.75, 3.05) is 42.6 Å². The molecule has 4 aliphatic rings. The van der Waals surface area contributed by atoms with Gasteiger partial charge in [-0.15, -0.1) is 0 Å². The van der Waals surface area contributed by atoms with Crippen molar-refractivity contribution in [1.29, 1.82) is 0 Å². The Balaban J connectivity index is 1.41. The van der Waals surface area contributed by atoms with Gasteiger partial charge in [-0.25, -0.2) is 0 Å². The Labute approximate surface area is 183 Å². The second kappa shape index (κ2) is 8.24. The standard InChI is InChI=1S/C21H28F3N5O3/c22-21(23,24)17-4-8-28-19(31)10-18(29-11-16-9-15(29)12-32-16)25-20(28)27(17)7-3-14-1-5-26(13-30)6-2-14/h10,13-17H,1-9,11-12H2/t15-,16-,17-/m0/s1. The van der Waals surface area contributed by atoms with Gasteiger partial charge < -0.3 is 19.4 Å². The predicted octanol–water partition coefficient (Wildman–Crippen LogP) is 1.62. The van der Waals surface area contributed by atoms with E-state index in [0.717, 1.165) is 25.7 Å². The molecule has 5 rings (SSSR count). The van der Waals surface area contributed by atoms with Gasteiger partial charge in [0.25, 0.3) is 5.56 Å². The minimum absolute atomic E-state index is 0.00894. The summed E-state index contributed by atoms with van der Waals surface area (Å²) in [4.78, 5) is 33.4. The van der Waals surface area contributed by atoms with Crippen molar-refractivity contribution in [3.8, 4) is 0 Å². The van der Waals surface area contributed by atoms with E-state index >= 15 is 0 Å². The van der Waals surface area contributed by atoms with E-state index in [0.29, 0.717) is 38.5 Å². The summed E-state index contributed by atoms with van der Waals surface area (Å²) in [6, 6.07) is -0.0858. The molecule has 176 valence electrons. The molecule has 5 heterocycles. The van der Waals surface area contributed by atoms with Crippen LogP contribution in [-0.2, 0) is 16.1 Å². The fourth-order valence-corrected chi connectivity index (χ4v) is 5.55. The molecule has 0 aromatic carbocycles. The quantitative estimate of drug-likeness (QED) is 0.629. The Bertz CT molecular complexity index is 915. The number of fused-ring (bicyclic) bond motifs is 3. The van der Waals surface area contributed by atoms with Crippen LogP contribution in [-0.4, -0.2) is 78.0 Å². The van der Waals surface area contributed by atoms with Gasteiger partial charge in [-0.3, -0.25) is 14.2 Å². The average Bonchev–Trinajstić information content (AvgIpc) is 3.41. The Morgan fingerprint density at radius 1 is 1.19 bits per heavy atom. The SMILES string of the molecule is O=CN1CCC(CCN2c3nc(N4C[C@@H]5C[C@H]4CO5)cc(=O)n3CC[C@H]2C(F)(F)F)CC1. The zero-order chi connectivity index (χ0) is 22.5. The number of nitrogens with zero attached hydrogens (tertiary/aromatic N) is 5. The Morgan fingerprint density at radius 2 is 1.97 bits per heavy atom. The number of halogens is 3. The average molecular weight is 455 g/mol. The van der Waals surface area contributed by atoms with E-state index in [4.69, 9.17) is 4.74 Å². The molecule has 32 heavy (non-hydrogen) atoms. The van der Waals surface area contributed by atoms with Crippen LogP contribution >= 0.6 is 0 Å². The van der Waals surface area contributed by atoms with Gasteiger partial charge in [-0.05, 0) is 38.0 Å². The van der Waals surface area contributed by atoms with Crippen LogP contribution in [0.25, 0.3) is 0 Å². The molecule has 2 bridgehead atoms. The molecular formula is C21H28F3N5O3. The number of likely N-dealkylation sites (tertiary alicyclic amines) is 1. The van der Waals surface area contributed by atoms with Gasteiger partial charge in [0.1, 0.15) is 11.9 Å². The molecule has 8 nitrogen and oxygen atoms in total. The molecule has 3 fully saturated rings. The van der Waals surface area contributed by atoms with E-state index in [1.807, 2.05) is 4.90 Å². The molecule has 1 aromatic heterocycles. The maximum Gasteiger partial charge on any atom is 0.408 e. The number of amides is 1. The lowest BCUT2D eigenvalue weighted by molar-refractivity contribution is -0.152. The number of carbonyl (C=O) groups excluding carboxylic acids is 1. The molecule has 0 spiro atoms. The molecule has 0 aliphatic carbocycles. The van der Waals surface area contributed by atoms with Crippen molar-refractivity contribution in [2.45, 2.75) is 63.0 Å². The van der Waals surface area contributed by atoms with Crippen LogP contribution in [0.1, 0.15) is 32.1 Å². The van der Waals surface area contributed by atoms with Gasteiger partial charge in [0.15, 0.2) is 0 Å². The fourth-order valence-electron chi connectivity index (χ4n) is 5.55. The third-order valence-electron chi connectivity index (χ3n) is 7.38. The maximum atomic E-state index is 13.9. The van der Waals surface area contributed by atoms with E-state index in [2.05, 4.69) is 4.98 Å². The van der Waals surface area contributed by atoms with Crippen LogP contribution in [0.3, 0.4) is 0 Å². The first-order chi connectivity index (χ1) is 15.3. The molecule has 0 radical (unpaired) electrons. The summed E-state index contributed by atoms with van der Waals surface area (Å²) < 4.78 is 48.8. The molecule has 0 saturated carbocycles. The Hall–Kier alpha value is -2.30. The zero-order valence-corrected chi connectivity index (χ0v) is 17.8. The first kappa shape index (κ1) is 21.5. The highest BCUT2D eigenvalue weighted by Crippen LogP contribution is 2.37. The summed E-state index contributed by atoms with van der Waals surface area (Å²) in [6.07, 6.45) is -0.664. The van der Waals surface area contributed by atoms with Crippen LogP contribution in [0.2, 0.25) is 0 Å². The first-order valence-corrected chi connectivity index (χ1v) is 11.4. The number of rotatable bonds is 5. The summed E-state index contributed by atoms with van der Waals surface area (Å²) in [5, 5.41) is 0. The lowest BCUT2D eigenvalue weighted by Gasteiger charge is -2.40. The van der Waals surface area contributed by atoms with Crippen molar-refractivity contribution in [1.82, 2.24) is 14.5 Å². The molecule has 0 N–H and O–H groups in total. The van der Waals surface area contributed by atoms with Crippen molar-refractivity contribution in [3.63, 3.8) is 0 Å². The van der Waals surface area contributed by atoms with E-state index in [1.165, 1.54) is 15.5 Å². The zero-order valence-electron chi connectivity index (χ0n) is 17.8. The number of hydrogen-bond donors (Lipinski definition) is 0. The lowest BCUT2D eigenvalue weighted by atomic mass is 9.93. The number of morpholine rings is 1. The highest BCUT2D eigenvalue weighted by atomic mass is 19.4. The van der Waals surface area contributed by atoms with Gasteiger partial charge in [-0.2, -0.15) is 18.2 Å².